The normalized spacial score (nSPS) is 23.5. The summed E-state index contributed by atoms with van der Waals surface area (Å²) in [6.45, 7) is 2.63. The molecule has 1 unspecified atom stereocenters. The number of hydrogen-bond donors (Lipinski definition) is 1. The predicted molar refractivity (Wildman–Crippen MR) is 62.7 cm³/mol. The van der Waals surface area contributed by atoms with E-state index in [0.717, 1.165) is 12.0 Å². The minimum absolute atomic E-state index is 0.0221. The van der Waals surface area contributed by atoms with Crippen LogP contribution in [-0.4, -0.2) is 17.4 Å². The molecule has 1 aromatic carbocycles. The molecular weight excluding hydrogens is 220 g/mol. The second-order valence-electron chi connectivity index (χ2n) is 4.25. The highest BCUT2D eigenvalue weighted by molar-refractivity contribution is 5.90. The zero-order chi connectivity index (χ0) is 12.5. The maximum atomic E-state index is 11.9. The molecule has 1 N–H and O–H groups in total. The van der Waals surface area contributed by atoms with Gasteiger partial charge in [0.25, 0.3) is 5.69 Å². The largest absolute Gasteiger partial charge is 0.355 e. The van der Waals surface area contributed by atoms with Crippen molar-refractivity contribution >= 4 is 11.6 Å². The maximum absolute atomic E-state index is 11.9. The van der Waals surface area contributed by atoms with Crippen LogP contribution in [0.15, 0.2) is 24.3 Å². The molecule has 5 heteroatoms. The average molecular weight is 234 g/mol. The number of hydrogen-bond acceptors (Lipinski definition) is 3. The first-order valence-corrected chi connectivity index (χ1v) is 5.63. The van der Waals surface area contributed by atoms with Crippen LogP contribution in [0.4, 0.5) is 5.69 Å². The molecule has 0 radical (unpaired) electrons. The van der Waals surface area contributed by atoms with Crippen molar-refractivity contribution in [2.45, 2.75) is 25.2 Å². The number of non-ortho nitro benzene ring substituents is 1. The molecule has 17 heavy (non-hydrogen) atoms. The number of amides is 1. The lowest BCUT2D eigenvalue weighted by molar-refractivity contribution is -0.384. The number of rotatable bonds is 3. The molecule has 0 aromatic heterocycles. The van der Waals surface area contributed by atoms with Gasteiger partial charge in [0, 0.05) is 18.7 Å². The second kappa shape index (κ2) is 4.16. The van der Waals surface area contributed by atoms with Crippen molar-refractivity contribution in [1.82, 2.24) is 5.32 Å². The van der Waals surface area contributed by atoms with Gasteiger partial charge in [0.05, 0.1) is 10.3 Å². The molecular formula is C12H14N2O3. The van der Waals surface area contributed by atoms with E-state index in [4.69, 9.17) is 0 Å². The van der Waals surface area contributed by atoms with E-state index in [1.807, 2.05) is 6.92 Å². The van der Waals surface area contributed by atoms with Crippen molar-refractivity contribution in [2.75, 3.05) is 6.54 Å². The number of nitrogens with one attached hydrogen (secondary N) is 1. The quantitative estimate of drug-likeness (QED) is 0.639. The molecule has 1 amide bonds. The number of benzene rings is 1. The Balaban J connectivity index is 2.38. The van der Waals surface area contributed by atoms with Crippen LogP contribution in [-0.2, 0) is 10.2 Å². The predicted octanol–water partition coefficient (Wildman–Crippen LogP) is 1.76. The molecule has 0 bridgehead atoms. The van der Waals surface area contributed by atoms with Gasteiger partial charge in [0.2, 0.25) is 5.91 Å². The van der Waals surface area contributed by atoms with Crippen LogP contribution >= 0.6 is 0 Å². The zero-order valence-corrected chi connectivity index (χ0v) is 9.60. The molecule has 1 aliphatic rings. The molecule has 1 aromatic rings. The fraction of sp³-hybridized carbons (Fsp3) is 0.417. The van der Waals surface area contributed by atoms with E-state index in [1.165, 1.54) is 12.1 Å². The first-order valence-electron chi connectivity index (χ1n) is 5.63. The van der Waals surface area contributed by atoms with Gasteiger partial charge in [-0.15, -0.1) is 0 Å². The topological polar surface area (TPSA) is 72.2 Å². The number of carbonyl (C=O) groups excluding carboxylic acids is 1. The van der Waals surface area contributed by atoms with Crippen LogP contribution < -0.4 is 5.32 Å². The lowest BCUT2D eigenvalue weighted by atomic mass is 9.77. The Morgan fingerprint density at radius 2 is 2.06 bits per heavy atom. The Kier molecular flexibility index (Phi) is 2.83. The van der Waals surface area contributed by atoms with Gasteiger partial charge in [-0.2, -0.15) is 0 Å². The van der Waals surface area contributed by atoms with E-state index in [0.29, 0.717) is 13.0 Å². The number of nitrogens with zero attached hydrogens (tertiary/aromatic N) is 1. The number of nitro benzene ring substituents is 1. The number of carbonyl (C=O) groups is 1. The lowest BCUT2D eigenvalue weighted by Crippen LogP contribution is -2.34. The van der Waals surface area contributed by atoms with Crippen LogP contribution in [0.5, 0.6) is 0 Å². The monoisotopic (exact) mass is 234 g/mol. The Labute approximate surface area is 99.0 Å². The van der Waals surface area contributed by atoms with E-state index >= 15 is 0 Å². The van der Waals surface area contributed by atoms with Crippen molar-refractivity contribution in [3.05, 3.63) is 39.9 Å². The molecule has 90 valence electrons. The Morgan fingerprint density at radius 3 is 2.47 bits per heavy atom. The summed E-state index contributed by atoms with van der Waals surface area (Å²) in [6, 6.07) is 6.29. The molecule has 1 aliphatic heterocycles. The summed E-state index contributed by atoms with van der Waals surface area (Å²) in [6.07, 6.45) is 1.46. The van der Waals surface area contributed by atoms with Crippen molar-refractivity contribution in [2.24, 2.45) is 0 Å². The first kappa shape index (κ1) is 11.6. The van der Waals surface area contributed by atoms with Crippen LogP contribution in [0, 0.1) is 10.1 Å². The third-order valence-corrected chi connectivity index (χ3v) is 3.51. The van der Waals surface area contributed by atoms with Crippen LogP contribution in [0.25, 0.3) is 0 Å². The van der Waals surface area contributed by atoms with Crippen molar-refractivity contribution in [1.29, 1.82) is 0 Å². The minimum atomic E-state index is -0.505. The van der Waals surface area contributed by atoms with Crippen molar-refractivity contribution in [3.63, 3.8) is 0 Å². The zero-order valence-electron chi connectivity index (χ0n) is 9.60. The van der Waals surface area contributed by atoms with Crippen molar-refractivity contribution in [3.8, 4) is 0 Å². The molecule has 1 fully saturated rings. The van der Waals surface area contributed by atoms with Gasteiger partial charge in [-0.3, -0.25) is 14.9 Å². The highest BCUT2D eigenvalue weighted by Crippen LogP contribution is 2.35. The van der Waals surface area contributed by atoms with Gasteiger partial charge in [-0.05, 0) is 18.4 Å². The summed E-state index contributed by atoms with van der Waals surface area (Å²) < 4.78 is 0. The Bertz CT molecular complexity index is 455. The van der Waals surface area contributed by atoms with Gasteiger partial charge in [-0.1, -0.05) is 19.1 Å². The Hall–Kier alpha value is -1.91. The maximum Gasteiger partial charge on any atom is 0.269 e. The highest BCUT2D eigenvalue weighted by Gasteiger charge is 2.42. The first-order chi connectivity index (χ1) is 8.10. The standard InChI is InChI=1S/C12H14N2O3/c1-2-12(7-8-13-11(12)15)9-3-5-10(6-4-9)14(16)17/h3-6H,2,7-8H2,1H3,(H,13,15). The van der Waals surface area contributed by atoms with Crippen LogP contribution in [0.1, 0.15) is 25.3 Å². The van der Waals surface area contributed by atoms with Gasteiger partial charge in [0.15, 0.2) is 0 Å². The summed E-state index contributed by atoms with van der Waals surface area (Å²) in [5.41, 5.74) is 0.411. The summed E-state index contributed by atoms with van der Waals surface area (Å²) in [5, 5.41) is 13.4. The van der Waals surface area contributed by atoms with Crippen molar-refractivity contribution < 1.29 is 9.72 Å². The smallest absolute Gasteiger partial charge is 0.269 e. The van der Waals surface area contributed by atoms with E-state index in [1.54, 1.807) is 12.1 Å². The fourth-order valence-electron chi connectivity index (χ4n) is 2.39. The molecule has 0 aliphatic carbocycles. The molecule has 0 spiro atoms. The highest BCUT2D eigenvalue weighted by atomic mass is 16.6. The van der Waals surface area contributed by atoms with Crippen LogP contribution in [0.2, 0.25) is 0 Å². The van der Waals surface area contributed by atoms with E-state index < -0.39 is 10.3 Å². The molecule has 2 rings (SSSR count). The third kappa shape index (κ3) is 1.77. The van der Waals surface area contributed by atoms with Crippen LogP contribution in [0.3, 0.4) is 0 Å². The molecule has 1 heterocycles. The SMILES string of the molecule is CCC1(c2ccc([N+](=O)[O-])cc2)CCNC1=O. The average Bonchev–Trinajstić information content (AvgIpc) is 2.71. The molecule has 5 nitrogen and oxygen atoms in total. The van der Waals surface area contributed by atoms with Gasteiger partial charge in [-0.25, -0.2) is 0 Å². The van der Waals surface area contributed by atoms with Gasteiger partial charge < -0.3 is 5.32 Å². The molecule has 1 atom stereocenters. The molecule has 1 saturated heterocycles. The fourth-order valence-corrected chi connectivity index (χ4v) is 2.39. The number of nitro groups is 1. The summed E-state index contributed by atoms with van der Waals surface area (Å²) in [5.74, 6) is 0.0221. The summed E-state index contributed by atoms with van der Waals surface area (Å²) in [7, 11) is 0. The molecule has 0 saturated carbocycles. The third-order valence-electron chi connectivity index (χ3n) is 3.51. The lowest BCUT2D eigenvalue weighted by Gasteiger charge is -2.24. The second-order valence-corrected chi connectivity index (χ2v) is 4.25. The van der Waals surface area contributed by atoms with E-state index in [9.17, 15) is 14.9 Å². The van der Waals surface area contributed by atoms with Gasteiger partial charge in [0.1, 0.15) is 0 Å². The minimum Gasteiger partial charge on any atom is -0.355 e. The summed E-state index contributed by atoms with van der Waals surface area (Å²) >= 11 is 0. The Morgan fingerprint density at radius 1 is 1.41 bits per heavy atom. The summed E-state index contributed by atoms with van der Waals surface area (Å²) in [4.78, 5) is 22.0. The van der Waals surface area contributed by atoms with E-state index in [-0.39, 0.29) is 11.6 Å². The van der Waals surface area contributed by atoms with E-state index in [2.05, 4.69) is 5.32 Å². The van der Waals surface area contributed by atoms with Gasteiger partial charge >= 0.3 is 0 Å².